The molecule has 3 heteroatoms. The molecule has 1 fully saturated rings. The van der Waals surface area contributed by atoms with Crippen molar-refractivity contribution in [3.63, 3.8) is 0 Å². The van der Waals surface area contributed by atoms with Crippen LogP contribution in [0.4, 0.5) is 0 Å². The third kappa shape index (κ3) is 2.40. The van der Waals surface area contributed by atoms with Gasteiger partial charge in [-0.25, -0.2) is 4.98 Å². The second-order valence-electron chi connectivity index (χ2n) is 4.44. The van der Waals surface area contributed by atoms with Gasteiger partial charge in [0.05, 0.1) is 12.0 Å². The van der Waals surface area contributed by atoms with E-state index in [1.165, 1.54) is 25.0 Å². The Labute approximate surface area is 91.9 Å². The van der Waals surface area contributed by atoms with Crippen molar-refractivity contribution in [1.29, 1.82) is 0 Å². The van der Waals surface area contributed by atoms with Crippen LogP contribution in [0.25, 0.3) is 0 Å². The minimum Gasteiger partial charge on any atom is -0.330 e. The summed E-state index contributed by atoms with van der Waals surface area (Å²) in [5, 5.41) is 3.43. The molecule has 1 aliphatic carbocycles. The van der Waals surface area contributed by atoms with Crippen molar-refractivity contribution in [2.45, 2.75) is 45.7 Å². The van der Waals surface area contributed by atoms with E-state index in [4.69, 9.17) is 0 Å². The fraction of sp³-hybridized carbons (Fsp3) is 0.750. The zero-order chi connectivity index (χ0) is 10.7. The Kier molecular flexibility index (Phi) is 3.41. The van der Waals surface area contributed by atoms with Gasteiger partial charge >= 0.3 is 0 Å². The van der Waals surface area contributed by atoms with Crippen molar-refractivity contribution in [3.05, 3.63) is 18.2 Å². The van der Waals surface area contributed by atoms with E-state index in [0.29, 0.717) is 0 Å². The molecule has 0 radical (unpaired) electrons. The number of nitrogens with one attached hydrogen (secondary N) is 1. The maximum Gasteiger partial charge on any atom is 0.0951 e. The molecule has 0 spiro atoms. The number of imidazole rings is 1. The van der Waals surface area contributed by atoms with Gasteiger partial charge in [0.15, 0.2) is 0 Å². The summed E-state index contributed by atoms with van der Waals surface area (Å²) in [7, 11) is 0. The van der Waals surface area contributed by atoms with Gasteiger partial charge in [-0.3, -0.25) is 0 Å². The van der Waals surface area contributed by atoms with Crippen LogP contribution in [0.1, 0.15) is 44.8 Å². The summed E-state index contributed by atoms with van der Waals surface area (Å²) in [5.74, 6) is 0.893. The van der Waals surface area contributed by atoms with Crippen LogP contribution in [0.15, 0.2) is 12.5 Å². The van der Waals surface area contributed by atoms with Crippen molar-refractivity contribution >= 4 is 0 Å². The van der Waals surface area contributed by atoms with Crippen LogP contribution in [0.3, 0.4) is 0 Å². The molecule has 2 atom stereocenters. The largest absolute Gasteiger partial charge is 0.330 e. The first-order valence-corrected chi connectivity index (χ1v) is 6.08. The number of aromatic nitrogens is 2. The fourth-order valence-electron chi connectivity index (χ4n) is 2.17. The van der Waals surface area contributed by atoms with Crippen molar-refractivity contribution < 1.29 is 0 Å². The van der Waals surface area contributed by atoms with E-state index < -0.39 is 0 Å². The smallest absolute Gasteiger partial charge is 0.0951 e. The zero-order valence-corrected chi connectivity index (χ0v) is 9.74. The highest BCUT2D eigenvalue weighted by molar-refractivity contribution is 5.05. The lowest BCUT2D eigenvalue weighted by molar-refractivity contribution is 0.583. The van der Waals surface area contributed by atoms with Crippen molar-refractivity contribution in [2.24, 2.45) is 5.92 Å². The van der Waals surface area contributed by atoms with Gasteiger partial charge < -0.3 is 9.88 Å². The van der Waals surface area contributed by atoms with Crippen LogP contribution in [-0.2, 0) is 6.54 Å². The number of rotatable bonds is 6. The molecule has 1 aromatic heterocycles. The molecule has 3 nitrogen and oxygen atoms in total. The quantitative estimate of drug-likeness (QED) is 0.726. The SMILES string of the molecule is CCCNCc1cncn1C1CC1CC. The van der Waals surface area contributed by atoms with E-state index in [9.17, 15) is 0 Å². The molecular weight excluding hydrogens is 186 g/mol. The average Bonchev–Trinajstić information content (AvgIpc) is 2.90. The van der Waals surface area contributed by atoms with Crippen LogP contribution >= 0.6 is 0 Å². The van der Waals surface area contributed by atoms with Crippen LogP contribution in [0, 0.1) is 5.92 Å². The van der Waals surface area contributed by atoms with Crippen molar-refractivity contribution in [2.75, 3.05) is 6.54 Å². The first kappa shape index (κ1) is 10.7. The summed E-state index contributed by atoms with van der Waals surface area (Å²) < 4.78 is 2.36. The molecule has 2 rings (SSSR count). The predicted molar refractivity (Wildman–Crippen MR) is 61.7 cm³/mol. The molecule has 0 aromatic carbocycles. The Morgan fingerprint density at radius 2 is 2.40 bits per heavy atom. The number of hydrogen-bond acceptors (Lipinski definition) is 2. The lowest BCUT2D eigenvalue weighted by atomic mass is 10.3. The third-order valence-corrected chi connectivity index (χ3v) is 3.25. The van der Waals surface area contributed by atoms with Crippen LogP contribution < -0.4 is 5.32 Å². The van der Waals surface area contributed by atoms with Crippen LogP contribution in [0.5, 0.6) is 0 Å². The van der Waals surface area contributed by atoms with Gasteiger partial charge in [-0.1, -0.05) is 20.3 Å². The molecule has 2 unspecified atom stereocenters. The van der Waals surface area contributed by atoms with Gasteiger partial charge in [0.1, 0.15) is 0 Å². The maximum absolute atomic E-state index is 4.25. The zero-order valence-electron chi connectivity index (χ0n) is 9.74. The minimum absolute atomic E-state index is 0.732. The van der Waals surface area contributed by atoms with Gasteiger partial charge in [-0.05, 0) is 25.3 Å². The molecule has 0 amide bonds. The van der Waals surface area contributed by atoms with Crippen molar-refractivity contribution in [1.82, 2.24) is 14.9 Å². The Bertz CT molecular complexity index is 306. The lowest BCUT2D eigenvalue weighted by Gasteiger charge is -2.08. The summed E-state index contributed by atoms with van der Waals surface area (Å²) in [6.07, 6.45) is 7.81. The molecule has 0 aliphatic heterocycles. The normalized spacial score (nSPS) is 24.4. The van der Waals surface area contributed by atoms with E-state index in [0.717, 1.165) is 25.0 Å². The second kappa shape index (κ2) is 4.79. The molecule has 0 saturated heterocycles. The summed E-state index contributed by atoms with van der Waals surface area (Å²) in [6, 6.07) is 0.732. The lowest BCUT2D eigenvalue weighted by Crippen LogP contribution is -2.16. The summed E-state index contributed by atoms with van der Waals surface area (Å²) in [4.78, 5) is 4.25. The Morgan fingerprint density at radius 3 is 3.07 bits per heavy atom. The first-order valence-electron chi connectivity index (χ1n) is 6.08. The van der Waals surface area contributed by atoms with Gasteiger partial charge in [0.25, 0.3) is 0 Å². The third-order valence-electron chi connectivity index (χ3n) is 3.25. The van der Waals surface area contributed by atoms with E-state index in [1.807, 2.05) is 12.5 Å². The molecule has 84 valence electrons. The number of hydrogen-bond donors (Lipinski definition) is 1. The first-order chi connectivity index (χ1) is 7.36. The van der Waals surface area contributed by atoms with E-state index >= 15 is 0 Å². The predicted octanol–water partition coefficient (Wildman–Crippen LogP) is 2.35. The Balaban J connectivity index is 1.91. The highest BCUT2D eigenvalue weighted by Gasteiger charge is 2.37. The molecule has 1 aromatic rings. The van der Waals surface area contributed by atoms with E-state index in [1.54, 1.807) is 0 Å². The Morgan fingerprint density at radius 1 is 1.53 bits per heavy atom. The van der Waals surface area contributed by atoms with E-state index in [-0.39, 0.29) is 0 Å². The monoisotopic (exact) mass is 207 g/mol. The molecule has 1 saturated carbocycles. The topological polar surface area (TPSA) is 29.9 Å². The van der Waals surface area contributed by atoms with Gasteiger partial charge in [-0.2, -0.15) is 0 Å². The fourth-order valence-corrected chi connectivity index (χ4v) is 2.17. The molecule has 1 N–H and O–H groups in total. The standard InChI is InChI=1S/C12H21N3/c1-3-5-13-7-11-8-14-9-15(11)12-6-10(12)4-2/h8-10,12-13H,3-7H2,1-2H3. The average molecular weight is 207 g/mol. The van der Waals surface area contributed by atoms with Crippen LogP contribution in [-0.4, -0.2) is 16.1 Å². The molecule has 0 bridgehead atoms. The minimum atomic E-state index is 0.732. The highest BCUT2D eigenvalue weighted by Crippen LogP contribution is 2.45. The summed E-state index contributed by atoms with van der Waals surface area (Å²) in [5.41, 5.74) is 1.34. The number of nitrogens with zero attached hydrogens (tertiary/aromatic N) is 2. The van der Waals surface area contributed by atoms with Gasteiger partial charge in [-0.15, -0.1) is 0 Å². The maximum atomic E-state index is 4.25. The molecule has 1 heterocycles. The van der Waals surface area contributed by atoms with Crippen LogP contribution in [0.2, 0.25) is 0 Å². The molecular formula is C12H21N3. The summed E-state index contributed by atoms with van der Waals surface area (Å²) in [6.45, 7) is 6.52. The highest BCUT2D eigenvalue weighted by atomic mass is 15.1. The summed E-state index contributed by atoms with van der Waals surface area (Å²) >= 11 is 0. The van der Waals surface area contributed by atoms with Gasteiger partial charge in [0.2, 0.25) is 0 Å². The Hall–Kier alpha value is -0.830. The van der Waals surface area contributed by atoms with E-state index in [2.05, 4.69) is 28.7 Å². The van der Waals surface area contributed by atoms with Crippen molar-refractivity contribution in [3.8, 4) is 0 Å². The molecule has 15 heavy (non-hydrogen) atoms. The second-order valence-corrected chi connectivity index (χ2v) is 4.44. The van der Waals surface area contributed by atoms with Gasteiger partial charge in [0, 0.05) is 18.8 Å². The molecule has 1 aliphatic rings.